The Kier molecular flexibility index (Phi) is 5.43. The first kappa shape index (κ1) is 16.1. The van der Waals surface area contributed by atoms with Crippen LogP contribution in [0.2, 0.25) is 0 Å². The van der Waals surface area contributed by atoms with Gasteiger partial charge in [-0.1, -0.05) is 15.9 Å². The molecule has 1 heterocycles. The van der Waals surface area contributed by atoms with Gasteiger partial charge in [0.15, 0.2) is 0 Å². The van der Waals surface area contributed by atoms with Gasteiger partial charge in [-0.2, -0.15) is 5.10 Å². The number of hydrogen-bond acceptors (Lipinski definition) is 5. The molecule has 0 saturated heterocycles. The summed E-state index contributed by atoms with van der Waals surface area (Å²) in [6.07, 6.45) is 4.24. The van der Waals surface area contributed by atoms with E-state index >= 15 is 0 Å². The zero-order valence-corrected chi connectivity index (χ0v) is 15.0. The molecular weight excluding hydrogens is 472 g/mol. The highest BCUT2D eigenvalue weighted by Crippen LogP contribution is 2.30. The number of rotatable bonds is 3. The monoisotopic (exact) mass is 476 g/mol. The zero-order valence-electron chi connectivity index (χ0n) is 10.2. The minimum absolute atomic E-state index is 0.00463. The second kappa shape index (κ2) is 7.10. The van der Waals surface area contributed by atoms with Crippen LogP contribution in [0.3, 0.4) is 0 Å². The van der Waals surface area contributed by atoms with Gasteiger partial charge in [0.25, 0.3) is 0 Å². The van der Waals surface area contributed by atoms with Gasteiger partial charge in [-0.3, -0.25) is 4.79 Å². The zero-order chi connectivity index (χ0) is 15.4. The van der Waals surface area contributed by atoms with Gasteiger partial charge in [-0.15, -0.1) is 0 Å². The maximum absolute atomic E-state index is 11.7. The number of carbonyl (C=O) groups excluding carboxylic acids is 1. The lowest BCUT2D eigenvalue weighted by molar-refractivity contribution is 0.0944. The molecule has 0 saturated carbocycles. The summed E-state index contributed by atoms with van der Waals surface area (Å²) < 4.78 is 1.95. The molecule has 0 aliphatic heterocycles. The number of hydrogen-bond donors (Lipinski definition) is 2. The normalized spacial score (nSPS) is 10.8. The topological polar surface area (TPSA) is 87.5 Å². The lowest BCUT2D eigenvalue weighted by Crippen LogP contribution is -2.20. The van der Waals surface area contributed by atoms with E-state index < -0.39 is 5.91 Å². The Morgan fingerprint density at radius 2 is 1.86 bits per heavy atom. The smallest absolute Gasteiger partial charge is 0.309 e. The van der Waals surface area contributed by atoms with Crippen LogP contribution in [0.15, 0.2) is 43.0 Å². The van der Waals surface area contributed by atoms with E-state index in [4.69, 9.17) is 0 Å². The number of phenolic OH excluding ortho intramolecular Hbond substituents is 1. The highest BCUT2D eigenvalue weighted by molar-refractivity contribution is 9.11. The molecule has 2 aromatic rings. The Labute approximate surface area is 145 Å². The number of phenols is 1. The van der Waals surface area contributed by atoms with Gasteiger partial charge in [0.05, 0.1) is 15.2 Å². The van der Waals surface area contributed by atoms with E-state index in [1.807, 2.05) is 0 Å². The predicted octanol–water partition coefficient (Wildman–Crippen LogP) is 3.23. The Hall–Kier alpha value is -1.32. The number of halogens is 3. The SMILES string of the molecule is O=C(N/N=C\c1cc(Br)cc(Br)c1O)c1ncc(Br)cn1. The van der Waals surface area contributed by atoms with Crippen molar-refractivity contribution < 1.29 is 9.90 Å². The molecule has 0 aliphatic carbocycles. The van der Waals surface area contributed by atoms with Gasteiger partial charge >= 0.3 is 5.91 Å². The minimum Gasteiger partial charge on any atom is -0.506 e. The average molecular weight is 479 g/mol. The molecule has 0 spiro atoms. The summed E-state index contributed by atoms with van der Waals surface area (Å²) in [5, 5.41) is 13.6. The highest BCUT2D eigenvalue weighted by Gasteiger charge is 2.08. The molecular formula is C12H7Br3N4O2. The van der Waals surface area contributed by atoms with Crippen LogP contribution in [0.5, 0.6) is 5.75 Å². The first-order valence-electron chi connectivity index (χ1n) is 5.46. The van der Waals surface area contributed by atoms with Crippen molar-refractivity contribution in [1.29, 1.82) is 0 Å². The van der Waals surface area contributed by atoms with E-state index in [0.29, 0.717) is 14.5 Å². The van der Waals surface area contributed by atoms with Crippen molar-refractivity contribution >= 4 is 59.9 Å². The molecule has 2 N–H and O–H groups in total. The third-order valence-corrected chi connectivity index (χ3v) is 3.72. The fraction of sp³-hybridized carbons (Fsp3) is 0. The second-order valence-electron chi connectivity index (χ2n) is 3.75. The Morgan fingerprint density at radius 1 is 1.19 bits per heavy atom. The van der Waals surface area contributed by atoms with E-state index in [0.717, 1.165) is 4.47 Å². The number of nitrogens with one attached hydrogen (secondary N) is 1. The van der Waals surface area contributed by atoms with Crippen molar-refractivity contribution in [1.82, 2.24) is 15.4 Å². The maximum atomic E-state index is 11.7. The van der Waals surface area contributed by atoms with Crippen molar-refractivity contribution in [3.8, 4) is 5.75 Å². The van der Waals surface area contributed by atoms with Crippen molar-refractivity contribution in [2.24, 2.45) is 5.10 Å². The fourth-order valence-corrected chi connectivity index (χ4v) is 2.79. The molecule has 0 fully saturated rings. The molecule has 21 heavy (non-hydrogen) atoms. The average Bonchev–Trinajstić information content (AvgIpc) is 2.44. The molecule has 0 aliphatic rings. The van der Waals surface area contributed by atoms with Crippen LogP contribution in [0.1, 0.15) is 16.2 Å². The quantitative estimate of drug-likeness (QED) is 0.523. The van der Waals surface area contributed by atoms with E-state index in [1.54, 1.807) is 12.1 Å². The van der Waals surface area contributed by atoms with E-state index in [1.165, 1.54) is 18.6 Å². The standard InChI is InChI=1S/C12H7Br3N4O2/c13-7-1-6(10(20)9(15)2-7)3-18-19-12(21)11-16-4-8(14)5-17-11/h1-5,20H,(H,19,21)/b18-3-. The Bertz CT molecular complexity index is 704. The molecule has 0 atom stereocenters. The van der Waals surface area contributed by atoms with E-state index in [-0.39, 0.29) is 11.6 Å². The largest absolute Gasteiger partial charge is 0.506 e. The number of amides is 1. The molecule has 1 aromatic heterocycles. The number of hydrazone groups is 1. The lowest BCUT2D eigenvalue weighted by atomic mass is 10.2. The van der Waals surface area contributed by atoms with Gasteiger partial charge in [0.1, 0.15) is 5.75 Å². The van der Waals surface area contributed by atoms with E-state index in [9.17, 15) is 9.90 Å². The van der Waals surface area contributed by atoms with Crippen molar-refractivity contribution in [2.45, 2.75) is 0 Å². The molecule has 108 valence electrons. The van der Waals surface area contributed by atoms with Crippen LogP contribution >= 0.6 is 47.8 Å². The van der Waals surface area contributed by atoms with Crippen molar-refractivity contribution in [3.63, 3.8) is 0 Å². The maximum Gasteiger partial charge on any atom is 0.309 e. The fourth-order valence-electron chi connectivity index (χ4n) is 1.32. The molecule has 0 bridgehead atoms. The van der Waals surface area contributed by atoms with Gasteiger partial charge in [-0.05, 0) is 44.0 Å². The number of benzene rings is 1. The van der Waals surface area contributed by atoms with Crippen molar-refractivity contribution in [3.05, 3.63) is 49.3 Å². The first-order chi connectivity index (χ1) is 9.97. The Balaban J connectivity index is 2.09. The van der Waals surface area contributed by atoms with Crippen LogP contribution in [-0.4, -0.2) is 27.2 Å². The summed E-state index contributed by atoms with van der Waals surface area (Å²) in [5.74, 6) is -0.529. The second-order valence-corrected chi connectivity index (χ2v) is 6.44. The van der Waals surface area contributed by atoms with Crippen LogP contribution in [-0.2, 0) is 0 Å². The van der Waals surface area contributed by atoms with Gasteiger partial charge in [-0.25, -0.2) is 15.4 Å². The summed E-state index contributed by atoms with van der Waals surface area (Å²) in [5.41, 5.74) is 2.72. The minimum atomic E-state index is -0.549. The van der Waals surface area contributed by atoms with Crippen LogP contribution in [0, 0.1) is 0 Å². The number of nitrogens with zero attached hydrogens (tertiary/aromatic N) is 3. The molecule has 1 aromatic carbocycles. The summed E-state index contributed by atoms with van der Waals surface area (Å²) in [7, 11) is 0. The van der Waals surface area contributed by atoms with Crippen LogP contribution in [0.25, 0.3) is 0 Å². The predicted molar refractivity (Wildman–Crippen MR) is 88.3 cm³/mol. The Morgan fingerprint density at radius 3 is 2.52 bits per heavy atom. The summed E-state index contributed by atoms with van der Waals surface area (Å²) in [4.78, 5) is 19.4. The van der Waals surface area contributed by atoms with Crippen LogP contribution in [0.4, 0.5) is 0 Å². The number of aromatic hydroxyl groups is 1. The van der Waals surface area contributed by atoms with Gasteiger partial charge in [0.2, 0.25) is 5.82 Å². The molecule has 6 nitrogen and oxygen atoms in total. The molecule has 0 unspecified atom stereocenters. The summed E-state index contributed by atoms with van der Waals surface area (Å²) in [6, 6.07) is 3.35. The summed E-state index contributed by atoms with van der Waals surface area (Å²) in [6.45, 7) is 0. The molecule has 1 amide bonds. The van der Waals surface area contributed by atoms with Crippen LogP contribution < -0.4 is 5.43 Å². The number of carbonyl (C=O) groups is 1. The van der Waals surface area contributed by atoms with Crippen molar-refractivity contribution in [2.75, 3.05) is 0 Å². The number of aromatic nitrogens is 2. The third kappa shape index (κ3) is 4.32. The third-order valence-electron chi connectivity index (χ3n) is 2.25. The van der Waals surface area contributed by atoms with Gasteiger partial charge < -0.3 is 5.11 Å². The molecule has 9 heteroatoms. The van der Waals surface area contributed by atoms with E-state index in [2.05, 4.69) is 68.3 Å². The molecule has 0 radical (unpaired) electrons. The highest BCUT2D eigenvalue weighted by atomic mass is 79.9. The van der Waals surface area contributed by atoms with Gasteiger partial charge in [0, 0.05) is 22.4 Å². The first-order valence-corrected chi connectivity index (χ1v) is 7.84. The summed E-state index contributed by atoms with van der Waals surface area (Å²) >= 11 is 9.68. The molecule has 2 rings (SSSR count). The lowest BCUT2D eigenvalue weighted by Gasteiger charge is -2.03.